The molecule has 0 aliphatic carbocycles. The number of hydrogen-bond acceptors (Lipinski definition) is 2. The Morgan fingerprint density at radius 3 is 2.50 bits per heavy atom. The number of hydrogen-bond donors (Lipinski definition) is 0. The van der Waals surface area contributed by atoms with Gasteiger partial charge in [-0.05, 0) is 18.8 Å². The van der Waals surface area contributed by atoms with Crippen LogP contribution in [0.5, 0.6) is 0 Å². The highest BCUT2D eigenvalue weighted by atomic mass is 15.1. The van der Waals surface area contributed by atoms with E-state index < -0.39 is 0 Å². The fourth-order valence-corrected chi connectivity index (χ4v) is 0.647. The normalized spacial score (nSPS) is 11.2. The Morgan fingerprint density at radius 2 is 2.10 bits per heavy atom. The molecule has 0 saturated carbocycles. The fraction of sp³-hybridized carbons (Fsp3) is 0.750. The molecule has 0 heterocycles. The summed E-state index contributed by atoms with van der Waals surface area (Å²) in [4.78, 5) is 0. The van der Waals surface area contributed by atoms with Gasteiger partial charge in [0.1, 0.15) is 0 Å². The zero-order valence-corrected chi connectivity index (χ0v) is 7.09. The zero-order valence-electron chi connectivity index (χ0n) is 7.09. The smallest absolute Gasteiger partial charge is 0.0554 e. The minimum absolute atomic E-state index is 0.726. The second-order valence-corrected chi connectivity index (χ2v) is 2.80. The van der Waals surface area contributed by atoms with Gasteiger partial charge < -0.3 is 0 Å². The van der Waals surface area contributed by atoms with Gasteiger partial charge in [-0.15, -0.1) is 0 Å². The molecule has 0 aliphatic rings. The molecular formula is C8H16N2. The summed E-state index contributed by atoms with van der Waals surface area (Å²) in [6, 6.07) is 0. The summed E-state index contributed by atoms with van der Waals surface area (Å²) < 4.78 is 0. The Bertz CT molecular complexity index is 125. The van der Waals surface area contributed by atoms with Crippen LogP contribution in [0.4, 0.5) is 0 Å². The number of azo groups is 1. The van der Waals surface area contributed by atoms with Crippen LogP contribution in [0.3, 0.4) is 0 Å². The van der Waals surface area contributed by atoms with Crippen LogP contribution in [0, 0.1) is 5.92 Å². The van der Waals surface area contributed by atoms with Crippen molar-refractivity contribution in [3.63, 3.8) is 0 Å². The predicted molar refractivity (Wildman–Crippen MR) is 44.0 cm³/mol. The van der Waals surface area contributed by atoms with Crippen molar-refractivity contribution in [2.24, 2.45) is 16.1 Å². The quantitative estimate of drug-likeness (QED) is 0.536. The predicted octanol–water partition coefficient (Wildman–Crippen LogP) is 3.02. The number of allylic oxidation sites excluding steroid dienone is 1. The van der Waals surface area contributed by atoms with Crippen molar-refractivity contribution in [1.29, 1.82) is 0 Å². The van der Waals surface area contributed by atoms with Gasteiger partial charge in [0, 0.05) is 7.05 Å². The van der Waals surface area contributed by atoms with Crippen molar-refractivity contribution in [2.75, 3.05) is 7.05 Å². The first-order chi connectivity index (χ1) is 4.66. The van der Waals surface area contributed by atoms with Crippen LogP contribution in [0.25, 0.3) is 0 Å². The highest BCUT2D eigenvalue weighted by Crippen LogP contribution is 2.10. The summed E-state index contributed by atoms with van der Waals surface area (Å²) in [7, 11) is 1.67. The molecule has 0 fully saturated rings. The first kappa shape index (κ1) is 9.34. The van der Waals surface area contributed by atoms with Crippen molar-refractivity contribution in [3.05, 3.63) is 12.3 Å². The van der Waals surface area contributed by atoms with Gasteiger partial charge in [-0.25, -0.2) is 0 Å². The Hall–Kier alpha value is -0.660. The molecule has 0 amide bonds. The summed E-state index contributed by atoms with van der Waals surface area (Å²) in [5, 5.41) is 7.47. The average Bonchev–Trinajstić information content (AvgIpc) is 1.85. The Labute approximate surface area is 63.1 Å². The Kier molecular flexibility index (Phi) is 4.81. The van der Waals surface area contributed by atoms with E-state index in [-0.39, 0.29) is 0 Å². The van der Waals surface area contributed by atoms with Crippen molar-refractivity contribution in [1.82, 2.24) is 0 Å². The molecule has 2 nitrogen and oxygen atoms in total. The minimum atomic E-state index is 0.726. The lowest BCUT2D eigenvalue weighted by atomic mass is 10.1. The Balaban J connectivity index is 3.40. The minimum Gasteiger partial charge on any atom is -0.192 e. The molecule has 0 bridgehead atoms. The summed E-state index contributed by atoms with van der Waals surface area (Å²) in [5.74, 6) is 0.726. The third-order valence-corrected chi connectivity index (χ3v) is 1.25. The van der Waals surface area contributed by atoms with E-state index in [1.165, 1.54) is 0 Å². The largest absolute Gasteiger partial charge is 0.192 e. The lowest BCUT2D eigenvalue weighted by molar-refractivity contribution is 0.581. The van der Waals surface area contributed by atoms with E-state index in [0.717, 1.165) is 24.5 Å². The summed E-state index contributed by atoms with van der Waals surface area (Å²) in [5.41, 5.74) is 0.885. The second kappa shape index (κ2) is 5.15. The molecule has 10 heavy (non-hydrogen) atoms. The molecule has 0 aromatic heterocycles. The molecule has 0 N–H and O–H groups in total. The van der Waals surface area contributed by atoms with Gasteiger partial charge in [-0.1, -0.05) is 20.4 Å². The van der Waals surface area contributed by atoms with Crippen molar-refractivity contribution < 1.29 is 0 Å². The molecule has 2 heteroatoms. The standard InChI is InChI=1S/C8H16N2/c1-7(2)5-6-8(3)10-9-4/h7H,3,5-6H2,1-2,4H3. The Morgan fingerprint density at radius 1 is 1.50 bits per heavy atom. The van der Waals surface area contributed by atoms with Crippen LogP contribution in [0.1, 0.15) is 26.7 Å². The molecule has 0 aromatic rings. The van der Waals surface area contributed by atoms with Crippen molar-refractivity contribution >= 4 is 0 Å². The van der Waals surface area contributed by atoms with Crippen LogP contribution in [0.2, 0.25) is 0 Å². The van der Waals surface area contributed by atoms with Crippen molar-refractivity contribution in [3.8, 4) is 0 Å². The third kappa shape index (κ3) is 5.48. The van der Waals surface area contributed by atoms with E-state index in [9.17, 15) is 0 Å². The van der Waals surface area contributed by atoms with Crippen LogP contribution in [-0.2, 0) is 0 Å². The molecule has 0 unspecified atom stereocenters. The van der Waals surface area contributed by atoms with E-state index in [2.05, 4.69) is 30.7 Å². The molecule has 0 radical (unpaired) electrons. The van der Waals surface area contributed by atoms with Gasteiger partial charge in [-0.2, -0.15) is 10.2 Å². The second-order valence-electron chi connectivity index (χ2n) is 2.80. The summed E-state index contributed by atoms with van der Waals surface area (Å²) in [6.45, 7) is 8.14. The van der Waals surface area contributed by atoms with E-state index in [4.69, 9.17) is 0 Å². The molecule has 0 saturated heterocycles. The lowest BCUT2D eigenvalue weighted by Gasteiger charge is -2.01. The van der Waals surface area contributed by atoms with Gasteiger partial charge in [0.15, 0.2) is 0 Å². The SMILES string of the molecule is C=C(CCC(C)C)N=NC. The summed E-state index contributed by atoms with van der Waals surface area (Å²) >= 11 is 0. The van der Waals surface area contributed by atoms with Crippen LogP contribution in [0.15, 0.2) is 22.5 Å². The lowest BCUT2D eigenvalue weighted by Crippen LogP contribution is -1.86. The molecular weight excluding hydrogens is 124 g/mol. The highest BCUT2D eigenvalue weighted by molar-refractivity contribution is 4.89. The molecule has 0 rings (SSSR count). The maximum Gasteiger partial charge on any atom is 0.0554 e. The molecule has 0 spiro atoms. The van der Waals surface area contributed by atoms with E-state index in [0.29, 0.717) is 0 Å². The average molecular weight is 140 g/mol. The molecule has 0 aromatic carbocycles. The van der Waals surface area contributed by atoms with E-state index in [1.54, 1.807) is 7.05 Å². The van der Waals surface area contributed by atoms with E-state index in [1.807, 2.05) is 0 Å². The fourth-order valence-electron chi connectivity index (χ4n) is 0.647. The van der Waals surface area contributed by atoms with Gasteiger partial charge in [0.25, 0.3) is 0 Å². The van der Waals surface area contributed by atoms with Crippen LogP contribution >= 0.6 is 0 Å². The van der Waals surface area contributed by atoms with Gasteiger partial charge in [0.2, 0.25) is 0 Å². The third-order valence-electron chi connectivity index (χ3n) is 1.25. The van der Waals surface area contributed by atoms with Gasteiger partial charge >= 0.3 is 0 Å². The number of rotatable bonds is 4. The molecule has 58 valence electrons. The molecule has 0 aliphatic heterocycles. The first-order valence-corrected chi connectivity index (χ1v) is 3.64. The molecule has 0 atom stereocenters. The topological polar surface area (TPSA) is 24.7 Å². The zero-order chi connectivity index (χ0) is 7.98. The van der Waals surface area contributed by atoms with Gasteiger partial charge in [0.05, 0.1) is 5.70 Å². The van der Waals surface area contributed by atoms with E-state index >= 15 is 0 Å². The van der Waals surface area contributed by atoms with Gasteiger partial charge in [-0.3, -0.25) is 0 Å². The maximum absolute atomic E-state index is 3.83. The number of nitrogens with zero attached hydrogens (tertiary/aromatic N) is 2. The van der Waals surface area contributed by atoms with Crippen LogP contribution < -0.4 is 0 Å². The first-order valence-electron chi connectivity index (χ1n) is 3.64. The summed E-state index contributed by atoms with van der Waals surface area (Å²) in [6.07, 6.45) is 2.12. The van der Waals surface area contributed by atoms with Crippen LogP contribution in [-0.4, -0.2) is 7.05 Å². The van der Waals surface area contributed by atoms with Crippen molar-refractivity contribution in [2.45, 2.75) is 26.7 Å². The maximum atomic E-state index is 3.83. The monoisotopic (exact) mass is 140 g/mol. The highest BCUT2D eigenvalue weighted by Gasteiger charge is 1.95.